The van der Waals surface area contributed by atoms with Gasteiger partial charge in [-0.2, -0.15) is 0 Å². The van der Waals surface area contributed by atoms with Gasteiger partial charge in [-0.1, -0.05) is 6.07 Å². The molecule has 0 bridgehead atoms. The van der Waals surface area contributed by atoms with Crippen LogP contribution in [0.25, 0.3) is 0 Å². The number of benzene rings is 1. The summed E-state index contributed by atoms with van der Waals surface area (Å²) in [6.07, 6.45) is 3.66. The van der Waals surface area contributed by atoms with Crippen LogP contribution in [0.1, 0.15) is 26.2 Å². The fourth-order valence-electron chi connectivity index (χ4n) is 2.23. The Balaban J connectivity index is 2.16. The fraction of sp³-hybridized carbons (Fsp3) is 0.538. The second-order valence-corrected chi connectivity index (χ2v) is 4.12. The highest BCUT2D eigenvalue weighted by atomic mass is 16.5. The first kappa shape index (κ1) is 11.3. The molecule has 0 radical (unpaired) electrons. The molecule has 1 aliphatic rings. The van der Waals surface area contributed by atoms with Gasteiger partial charge >= 0.3 is 0 Å². The van der Waals surface area contributed by atoms with Crippen LogP contribution >= 0.6 is 0 Å². The van der Waals surface area contributed by atoms with E-state index in [1.54, 1.807) is 12.1 Å². The molecule has 3 heteroatoms. The van der Waals surface area contributed by atoms with Gasteiger partial charge in [-0.3, -0.25) is 0 Å². The van der Waals surface area contributed by atoms with Gasteiger partial charge in [0.2, 0.25) is 0 Å². The molecule has 1 N–H and O–H groups in total. The summed E-state index contributed by atoms with van der Waals surface area (Å²) in [5.74, 6) is 0.318. The molecule has 0 aromatic heterocycles. The summed E-state index contributed by atoms with van der Waals surface area (Å²) >= 11 is 0. The Morgan fingerprint density at radius 3 is 3.06 bits per heavy atom. The van der Waals surface area contributed by atoms with Crippen molar-refractivity contribution in [2.24, 2.45) is 0 Å². The van der Waals surface area contributed by atoms with Crippen molar-refractivity contribution >= 4 is 5.69 Å². The Kier molecular flexibility index (Phi) is 3.67. The number of phenolic OH excluding ortho intramolecular Hbond substituents is 1. The van der Waals surface area contributed by atoms with Gasteiger partial charge in [0.25, 0.3) is 0 Å². The molecule has 1 unspecified atom stereocenters. The smallest absolute Gasteiger partial charge is 0.130 e. The standard InChI is InChI=1S/C13H19NO2/c1-2-16-13-8-3-4-9-14(13)11-6-5-7-12(15)10-11/h5-7,10,13,15H,2-4,8-9H2,1H3. The van der Waals surface area contributed by atoms with E-state index in [9.17, 15) is 5.11 Å². The molecule has 0 saturated carbocycles. The van der Waals surface area contributed by atoms with E-state index in [-0.39, 0.29) is 6.23 Å². The van der Waals surface area contributed by atoms with Crippen molar-refractivity contribution in [3.8, 4) is 5.75 Å². The minimum Gasteiger partial charge on any atom is -0.508 e. The number of phenols is 1. The summed E-state index contributed by atoms with van der Waals surface area (Å²) in [5, 5.41) is 9.49. The van der Waals surface area contributed by atoms with Crippen LogP contribution in [0, 0.1) is 0 Å². The van der Waals surface area contributed by atoms with E-state index in [0.29, 0.717) is 5.75 Å². The molecule has 1 aromatic carbocycles. The van der Waals surface area contributed by atoms with E-state index >= 15 is 0 Å². The Bertz CT molecular complexity index is 338. The quantitative estimate of drug-likeness (QED) is 0.851. The van der Waals surface area contributed by atoms with Crippen LogP contribution in [-0.4, -0.2) is 24.5 Å². The largest absolute Gasteiger partial charge is 0.508 e. The predicted octanol–water partition coefficient (Wildman–Crippen LogP) is 2.75. The molecule has 0 aliphatic carbocycles. The zero-order chi connectivity index (χ0) is 11.4. The van der Waals surface area contributed by atoms with Crippen LogP contribution in [-0.2, 0) is 4.74 Å². The molecule has 0 spiro atoms. The molecule has 0 amide bonds. The van der Waals surface area contributed by atoms with Crippen molar-refractivity contribution in [1.29, 1.82) is 0 Å². The van der Waals surface area contributed by atoms with Gasteiger partial charge in [-0.25, -0.2) is 0 Å². The highest BCUT2D eigenvalue weighted by molar-refractivity contribution is 5.51. The van der Waals surface area contributed by atoms with Crippen molar-refractivity contribution in [2.75, 3.05) is 18.1 Å². The molecule has 1 heterocycles. The van der Waals surface area contributed by atoms with E-state index in [1.165, 1.54) is 12.8 Å². The van der Waals surface area contributed by atoms with Gasteiger partial charge in [-0.05, 0) is 38.3 Å². The molecule has 3 nitrogen and oxygen atoms in total. The van der Waals surface area contributed by atoms with Crippen molar-refractivity contribution < 1.29 is 9.84 Å². The number of nitrogens with zero attached hydrogens (tertiary/aromatic N) is 1. The molecule has 2 rings (SSSR count). The molecule has 1 atom stereocenters. The van der Waals surface area contributed by atoms with Gasteiger partial charge in [0.15, 0.2) is 0 Å². The molecular weight excluding hydrogens is 202 g/mol. The first-order valence-corrected chi connectivity index (χ1v) is 5.98. The Morgan fingerprint density at radius 1 is 1.44 bits per heavy atom. The maximum Gasteiger partial charge on any atom is 0.130 e. The minimum atomic E-state index is 0.167. The topological polar surface area (TPSA) is 32.7 Å². The van der Waals surface area contributed by atoms with Crippen LogP contribution in [0.4, 0.5) is 5.69 Å². The highest BCUT2D eigenvalue weighted by Crippen LogP contribution is 2.27. The van der Waals surface area contributed by atoms with E-state index in [4.69, 9.17) is 4.74 Å². The van der Waals surface area contributed by atoms with Crippen LogP contribution in [0.2, 0.25) is 0 Å². The molecule has 1 aromatic rings. The van der Waals surface area contributed by atoms with Crippen molar-refractivity contribution in [2.45, 2.75) is 32.4 Å². The van der Waals surface area contributed by atoms with Crippen LogP contribution in [0.5, 0.6) is 5.75 Å². The molecular formula is C13H19NO2. The van der Waals surface area contributed by atoms with Gasteiger partial charge in [0.1, 0.15) is 12.0 Å². The third-order valence-corrected chi connectivity index (χ3v) is 2.97. The normalized spacial score (nSPS) is 21.1. The molecule has 1 fully saturated rings. The van der Waals surface area contributed by atoms with E-state index < -0.39 is 0 Å². The zero-order valence-electron chi connectivity index (χ0n) is 9.72. The van der Waals surface area contributed by atoms with E-state index in [2.05, 4.69) is 4.90 Å². The van der Waals surface area contributed by atoms with E-state index in [1.807, 2.05) is 19.1 Å². The monoisotopic (exact) mass is 221 g/mol. The summed E-state index contributed by atoms with van der Waals surface area (Å²) in [4.78, 5) is 2.24. The van der Waals surface area contributed by atoms with Crippen molar-refractivity contribution in [3.63, 3.8) is 0 Å². The van der Waals surface area contributed by atoms with Crippen molar-refractivity contribution in [1.82, 2.24) is 0 Å². The number of piperidine rings is 1. The zero-order valence-corrected chi connectivity index (χ0v) is 9.72. The summed E-state index contributed by atoms with van der Waals surface area (Å²) in [7, 11) is 0. The lowest BCUT2D eigenvalue weighted by Gasteiger charge is -2.37. The summed E-state index contributed by atoms with van der Waals surface area (Å²) in [5.41, 5.74) is 1.05. The third kappa shape index (κ3) is 2.47. The number of anilines is 1. The summed E-state index contributed by atoms with van der Waals surface area (Å²) < 4.78 is 5.73. The van der Waals surface area contributed by atoms with Gasteiger partial charge < -0.3 is 14.7 Å². The SMILES string of the molecule is CCOC1CCCCN1c1cccc(O)c1. The molecule has 1 saturated heterocycles. The predicted molar refractivity (Wildman–Crippen MR) is 64.7 cm³/mol. The number of hydrogen-bond donors (Lipinski definition) is 1. The minimum absolute atomic E-state index is 0.167. The number of hydrogen-bond acceptors (Lipinski definition) is 3. The van der Waals surface area contributed by atoms with Gasteiger partial charge in [0, 0.05) is 24.9 Å². The number of aromatic hydroxyl groups is 1. The van der Waals surface area contributed by atoms with Gasteiger partial charge in [-0.15, -0.1) is 0 Å². The van der Waals surface area contributed by atoms with Crippen LogP contribution in [0.3, 0.4) is 0 Å². The summed E-state index contributed by atoms with van der Waals surface area (Å²) in [6, 6.07) is 7.40. The maximum absolute atomic E-state index is 9.49. The maximum atomic E-state index is 9.49. The average molecular weight is 221 g/mol. The lowest BCUT2D eigenvalue weighted by molar-refractivity contribution is 0.0433. The molecule has 88 valence electrons. The Labute approximate surface area is 96.6 Å². The Morgan fingerprint density at radius 2 is 2.31 bits per heavy atom. The first-order chi connectivity index (χ1) is 7.81. The highest BCUT2D eigenvalue weighted by Gasteiger charge is 2.22. The van der Waals surface area contributed by atoms with Crippen LogP contribution < -0.4 is 4.90 Å². The molecule has 16 heavy (non-hydrogen) atoms. The first-order valence-electron chi connectivity index (χ1n) is 5.98. The average Bonchev–Trinajstić information content (AvgIpc) is 2.30. The van der Waals surface area contributed by atoms with E-state index in [0.717, 1.165) is 25.3 Å². The number of rotatable bonds is 3. The third-order valence-electron chi connectivity index (χ3n) is 2.97. The lowest BCUT2D eigenvalue weighted by Crippen LogP contribution is -2.41. The van der Waals surface area contributed by atoms with Crippen LogP contribution in [0.15, 0.2) is 24.3 Å². The fourth-order valence-corrected chi connectivity index (χ4v) is 2.23. The Hall–Kier alpha value is -1.22. The van der Waals surface area contributed by atoms with Crippen molar-refractivity contribution in [3.05, 3.63) is 24.3 Å². The van der Waals surface area contributed by atoms with Gasteiger partial charge in [0.05, 0.1) is 0 Å². The summed E-state index contributed by atoms with van der Waals surface area (Å²) in [6.45, 7) is 3.77. The second kappa shape index (κ2) is 5.21. The molecule has 1 aliphatic heterocycles. The lowest BCUT2D eigenvalue weighted by atomic mass is 10.1. The number of ether oxygens (including phenoxy) is 1. The second-order valence-electron chi connectivity index (χ2n) is 4.12.